The van der Waals surface area contributed by atoms with Crippen molar-refractivity contribution in [3.05, 3.63) is 60.3 Å². The van der Waals surface area contributed by atoms with Gasteiger partial charge in [-0.3, -0.25) is 9.59 Å². The fourth-order valence-electron chi connectivity index (χ4n) is 5.03. The van der Waals surface area contributed by atoms with Crippen molar-refractivity contribution in [2.75, 3.05) is 37.7 Å². The van der Waals surface area contributed by atoms with Gasteiger partial charge in [0.05, 0.1) is 5.92 Å². The van der Waals surface area contributed by atoms with E-state index in [0.717, 1.165) is 17.6 Å². The molecule has 1 aromatic heterocycles. The van der Waals surface area contributed by atoms with Crippen molar-refractivity contribution < 1.29 is 19.1 Å². The molecule has 1 saturated heterocycles. The fourth-order valence-corrected chi connectivity index (χ4v) is 5.03. The van der Waals surface area contributed by atoms with E-state index in [1.54, 1.807) is 4.90 Å². The maximum Gasteiger partial charge on any atom is 0.228 e. The molecule has 0 saturated carbocycles. The highest BCUT2D eigenvalue weighted by Crippen LogP contribution is 2.36. The van der Waals surface area contributed by atoms with Crippen LogP contribution >= 0.6 is 0 Å². The molecule has 2 amide bonds. The van der Waals surface area contributed by atoms with Gasteiger partial charge < -0.3 is 24.3 Å². The number of H-pyrrole nitrogens is 1. The number of nitrogens with one attached hydrogen (secondary N) is 1. The number of benzene rings is 2. The molecular formula is C26H25N3O4. The number of amides is 2. The van der Waals surface area contributed by atoms with Gasteiger partial charge in [-0.2, -0.15) is 0 Å². The summed E-state index contributed by atoms with van der Waals surface area (Å²) in [5.41, 5.74) is 4.34. The smallest absolute Gasteiger partial charge is 0.228 e. The zero-order valence-corrected chi connectivity index (χ0v) is 18.3. The SMILES string of the molecule is O=C([C@@H]1CC(=O)N(c2ccc3c(c2)OCCO3)C1)N1CC=C(c2c[nH]c3ccccc23)CC1. The third-order valence-corrected chi connectivity index (χ3v) is 6.77. The minimum atomic E-state index is -0.325. The number of carbonyl (C=O) groups excluding carboxylic acids is 2. The summed E-state index contributed by atoms with van der Waals surface area (Å²) in [7, 11) is 0. The molecule has 1 N–H and O–H groups in total. The summed E-state index contributed by atoms with van der Waals surface area (Å²) in [6.45, 7) is 2.65. The lowest BCUT2D eigenvalue weighted by Gasteiger charge is -2.29. The Morgan fingerprint density at radius 3 is 2.76 bits per heavy atom. The van der Waals surface area contributed by atoms with Gasteiger partial charge in [0.15, 0.2) is 11.5 Å². The van der Waals surface area contributed by atoms with E-state index in [0.29, 0.717) is 44.3 Å². The maximum atomic E-state index is 13.2. The van der Waals surface area contributed by atoms with Crippen molar-refractivity contribution in [2.45, 2.75) is 12.8 Å². The van der Waals surface area contributed by atoms with E-state index in [-0.39, 0.29) is 24.2 Å². The normalized spacial score (nSPS) is 20.3. The molecule has 0 spiro atoms. The molecule has 7 heteroatoms. The summed E-state index contributed by atoms with van der Waals surface area (Å²) >= 11 is 0. The molecule has 3 aromatic rings. The molecule has 33 heavy (non-hydrogen) atoms. The van der Waals surface area contributed by atoms with E-state index in [9.17, 15) is 9.59 Å². The van der Waals surface area contributed by atoms with Gasteiger partial charge in [0.1, 0.15) is 13.2 Å². The molecular weight excluding hydrogens is 418 g/mol. The van der Waals surface area contributed by atoms with E-state index in [1.165, 1.54) is 16.5 Å². The van der Waals surface area contributed by atoms with Crippen LogP contribution in [0.2, 0.25) is 0 Å². The van der Waals surface area contributed by atoms with Crippen LogP contribution in [0.4, 0.5) is 5.69 Å². The average Bonchev–Trinajstić information content (AvgIpc) is 3.47. The highest BCUT2D eigenvalue weighted by Gasteiger charge is 2.38. The Labute approximate surface area is 191 Å². The summed E-state index contributed by atoms with van der Waals surface area (Å²) in [4.78, 5) is 32.9. The van der Waals surface area contributed by atoms with Crippen LogP contribution in [0.5, 0.6) is 11.5 Å². The van der Waals surface area contributed by atoms with E-state index in [4.69, 9.17) is 9.47 Å². The first kappa shape index (κ1) is 19.9. The Morgan fingerprint density at radius 1 is 1.06 bits per heavy atom. The van der Waals surface area contributed by atoms with Crippen molar-refractivity contribution in [1.82, 2.24) is 9.88 Å². The van der Waals surface area contributed by atoms with Gasteiger partial charge in [0, 0.05) is 60.5 Å². The van der Waals surface area contributed by atoms with E-state index in [1.807, 2.05) is 35.2 Å². The molecule has 7 nitrogen and oxygen atoms in total. The minimum Gasteiger partial charge on any atom is -0.486 e. The Bertz CT molecular complexity index is 1280. The number of aromatic nitrogens is 1. The second-order valence-corrected chi connectivity index (χ2v) is 8.74. The second kappa shape index (κ2) is 7.99. The standard InChI is InChI=1S/C26H25N3O4/c30-25-13-18(16-29(25)19-5-6-23-24(14-19)33-12-11-32-23)26(31)28-9-7-17(8-10-28)21-15-27-22-4-2-1-3-20(21)22/h1-7,14-15,18,27H,8-13,16H2/t18-/m1/s1. The first-order chi connectivity index (χ1) is 16.2. The number of fused-ring (bicyclic) bond motifs is 2. The van der Waals surface area contributed by atoms with Crippen molar-refractivity contribution in [2.24, 2.45) is 5.92 Å². The number of rotatable bonds is 3. The number of nitrogens with zero attached hydrogens (tertiary/aromatic N) is 2. The number of carbonyl (C=O) groups is 2. The molecule has 0 bridgehead atoms. The molecule has 3 aliphatic rings. The number of aromatic amines is 1. The van der Waals surface area contributed by atoms with Crippen LogP contribution in [-0.2, 0) is 9.59 Å². The molecule has 3 aliphatic heterocycles. The summed E-state index contributed by atoms with van der Waals surface area (Å²) < 4.78 is 11.2. The van der Waals surface area contributed by atoms with Gasteiger partial charge in [-0.05, 0) is 30.2 Å². The molecule has 0 radical (unpaired) electrons. The van der Waals surface area contributed by atoms with Crippen LogP contribution < -0.4 is 14.4 Å². The molecule has 0 unspecified atom stereocenters. The van der Waals surface area contributed by atoms with Crippen LogP contribution in [0.15, 0.2) is 54.7 Å². The predicted molar refractivity (Wildman–Crippen MR) is 125 cm³/mol. The summed E-state index contributed by atoms with van der Waals surface area (Å²) in [6, 6.07) is 13.8. The van der Waals surface area contributed by atoms with Crippen LogP contribution in [0.1, 0.15) is 18.4 Å². The van der Waals surface area contributed by atoms with E-state index in [2.05, 4.69) is 29.4 Å². The van der Waals surface area contributed by atoms with Gasteiger partial charge in [0.2, 0.25) is 11.8 Å². The molecule has 168 valence electrons. The molecule has 4 heterocycles. The minimum absolute atomic E-state index is 0.0305. The topological polar surface area (TPSA) is 74.9 Å². The number of ether oxygens (including phenoxy) is 2. The highest BCUT2D eigenvalue weighted by atomic mass is 16.6. The zero-order valence-electron chi connectivity index (χ0n) is 18.3. The zero-order chi connectivity index (χ0) is 22.4. The van der Waals surface area contributed by atoms with Crippen LogP contribution in [0.25, 0.3) is 16.5 Å². The Morgan fingerprint density at radius 2 is 1.91 bits per heavy atom. The third kappa shape index (κ3) is 3.53. The van der Waals surface area contributed by atoms with Crippen molar-refractivity contribution in [3.8, 4) is 11.5 Å². The number of hydrogen-bond donors (Lipinski definition) is 1. The van der Waals surface area contributed by atoms with E-state index >= 15 is 0 Å². The number of anilines is 1. The average molecular weight is 444 g/mol. The fraction of sp³-hybridized carbons (Fsp3) is 0.308. The molecule has 1 atom stereocenters. The largest absolute Gasteiger partial charge is 0.486 e. The van der Waals surface area contributed by atoms with Crippen LogP contribution in [-0.4, -0.2) is 54.5 Å². The monoisotopic (exact) mass is 443 g/mol. The van der Waals surface area contributed by atoms with Crippen LogP contribution in [0, 0.1) is 5.92 Å². The maximum absolute atomic E-state index is 13.2. The number of hydrogen-bond acceptors (Lipinski definition) is 4. The van der Waals surface area contributed by atoms with Gasteiger partial charge >= 0.3 is 0 Å². The lowest BCUT2D eigenvalue weighted by Crippen LogP contribution is -2.39. The molecule has 0 aliphatic carbocycles. The third-order valence-electron chi connectivity index (χ3n) is 6.77. The highest BCUT2D eigenvalue weighted by molar-refractivity contribution is 6.01. The van der Waals surface area contributed by atoms with Gasteiger partial charge in [-0.1, -0.05) is 24.3 Å². The van der Waals surface area contributed by atoms with Crippen molar-refractivity contribution in [1.29, 1.82) is 0 Å². The van der Waals surface area contributed by atoms with Crippen molar-refractivity contribution in [3.63, 3.8) is 0 Å². The van der Waals surface area contributed by atoms with Gasteiger partial charge in [0.25, 0.3) is 0 Å². The van der Waals surface area contributed by atoms with Gasteiger partial charge in [-0.15, -0.1) is 0 Å². The van der Waals surface area contributed by atoms with Gasteiger partial charge in [-0.25, -0.2) is 0 Å². The molecule has 1 fully saturated rings. The first-order valence-corrected chi connectivity index (χ1v) is 11.4. The number of para-hydroxylation sites is 1. The van der Waals surface area contributed by atoms with Crippen molar-refractivity contribution >= 4 is 34.0 Å². The Kier molecular flexibility index (Phi) is 4.82. The quantitative estimate of drug-likeness (QED) is 0.671. The summed E-state index contributed by atoms with van der Waals surface area (Å²) in [5.74, 6) is 1.03. The first-order valence-electron chi connectivity index (χ1n) is 11.4. The van der Waals surface area contributed by atoms with Crippen LogP contribution in [0.3, 0.4) is 0 Å². The molecule has 6 rings (SSSR count). The summed E-state index contributed by atoms with van der Waals surface area (Å²) in [6.07, 6.45) is 5.24. The lowest BCUT2D eigenvalue weighted by molar-refractivity contribution is -0.135. The Balaban J connectivity index is 1.15. The Hall–Kier alpha value is -3.74. The molecule has 2 aromatic carbocycles. The predicted octanol–water partition coefficient (Wildman–Crippen LogP) is 3.61. The summed E-state index contributed by atoms with van der Waals surface area (Å²) in [5, 5.41) is 1.21. The van der Waals surface area contributed by atoms with E-state index < -0.39 is 0 Å². The second-order valence-electron chi connectivity index (χ2n) is 8.74. The lowest BCUT2D eigenvalue weighted by atomic mass is 9.98.